The number of benzene rings is 1. The number of aryl methyl sites for hydroxylation is 1. The summed E-state index contributed by atoms with van der Waals surface area (Å²) in [5.74, 6) is -0.400. The van der Waals surface area contributed by atoms with Crippen molar-refractivity contribution in [2.24, 2.45) is 0 Å². The zero-order valence-corrected chi connectivity index (χ0v) is 16.4. The number of pyridine rings is 1. The van der Waals surface area contributed by atoms with Crippen LogP contribution in [-0.4, -0.2) is 45.4 Å². The predicted octanol–water partition coefficient (Wildman–Crippen LogP) is 1.81. The predicted molar refractivity (Wildman–Crippen MR) is 111 cm³/mol. The lowest BCUT2D eigenvalue weighted by atomic mass is 10.1. The van der Waals surface area contributed by atoms with Crippen LogP contribution in [0.1, 0.15) is 34.5 Å². The van der Waals surface area contributed by atoms with E-state index in [-0.39, 0.29) is 16.7 Å². The number of aromatic nitrogens is 3. The minimum absolute atomic E-state index is 0.0979. The van der Waals surface area contributed by atoms with Gasteiger partial charge in [-0.2, -0.15) is 0 Å². The van der Waals surface area contributed by atoms with Crippen LogP contribution in [0.4, 0.5) is 5.69 Å². The van der Waals surface area contributed by atoms with E-state index in [0.717, 1.165) is 24.6 Å². The molecule has 0 saturated heterocycles. The number of amides is 1. The van der Waals surface area contributed by atoms with Gasteiger partial charge in [0.15, 0.2) is 0 Å². The Bertz CT molecular complexity index is 1190. The molecule has 3 aromatic rings. The molecule has 0 unspecified atom stereocenters. The monoisotopic (exact) mass is 393 g/mol. The second-order valence-corrected chi connectivity index (χ2v) is 7.57. The molecule has 0 radical (unpaired) electrons. The second kappa shape index (κ2) is 7.63. The number of carbonyl (C=O) groups excluding carboxylic acids is 1. The van der Waals surface area contributed by atoms with Gasteiger partial charge in [0.25, 0.3) is 11.5 Å². The highest BCUT2D eigenvalue weighted by atomic mass is 16.2. The van der Waals surface area contributed by atoms with Gasteiger partial charge >= 0.3 is 5.69 Å². The first-order valence-corrected chi connectivity index (χ1v) is 9.65. The summed E-state index contributed by atoms with van der Waals surface area (Å²) in [6.07, 6.45) is 3.47. The van der Waals surface area contributed by atoms with Gasteiger partial charge in [-0.25, -0.2) is 9.78 Å². The first kappa shape index (κ1) is 19.1. The highest BCUT2D eigenvalue weighted by Gasteiger charge is 2.25. The van der Waals surface area contributed by atoms with Crippen molar-refractivity contribution in [1.29, 1.82) is 0 Å². The number of fused-ring (bicyclic) bond motifs is 1. The number of rotatable bonds is 6. The summed E-state index contributed by atoms with van der Waals surface area (Å²) in [6, 6.07) is 10.0. The third-order valence-corrected chi connectivity index (χ3v) is 5.24. The highest BCUT2D eigenvalue weighted by molar-refractivity contribution is 6.04. The maximum atomic E-state index is 12.7. The number of anilines is 1. The van der Waals surface area contributed by atoms with E-state index in [1.807, 2.05) is 24.3 Å². The van der Waals surface area contributed by atoms with E-state index in [2.05, 4.69) is 32.2 Å². The molecule has 1 aromatic carbocycles. The van der Waals surface area contributed by atoms with Gasteiger partial charge in [0.05, 0.1) is 5.39 Å². The Morgan fingerprint density at radius 1 is 1.24 bits per heavy atom. The summed E-state index contributed by atoms with van der Waals surface area (Å²) in [5, 5.41) is 3.12. The van der Waals surface area contributed by atoms with Crippen LogP contribution < -0.4 is 16.6 Å². The number of nitrogens with one attached hydrogen (secondary N) is 3. The van der Waals surface area contributed by atoms with Gasteiger partial charge in [-0.15, -0.1) is 0 Å². The first-order chi connectivity index (χ1) is 13.9. The molecule has 0 spiro atoms. The first-order valence-electron chi connectivity index (χ1n) is 9.65. The molecule has 1 saturated carbocycles. The lowest BCUT2D eigenvalue weighted by molar-refractivity contribution is 0.102. The fraction of sp³-hybridized carbons (Fsp3) is 0.333. The number of hydrogen-bond donors (Lipinski definition) is 3. The zero-order valence-electron chi connectivity index (χ0n) is 16.4. The van der Waals surface area contributed by atoms with Crippen molar-refractivity contribution in [3.05, 3.63) is 68.0 Å². The van der Waals surface area contributed by atoms with Gasteiger partial charge in [0.2, 0.25) is 0 Å². The third kappa shape index (κ3) is 4.27. The van der Waals surface area contributed by atoms with E-state index in [9.17, 15) is 14.4 Å². The number of hydrogen-bond acceptors (Lipinski definition) is 5. The van der Waals surface area contributed by atoms with Gasteiger partial charge in [-0.05, 0) is 62.6 Å². The van der Waals surface area contributed by atoms with E-state index >= 15 is 0 Å². The summed E-state index contributed by atoms with van der Waals surface area (Å²) in [6.45, 7) is 2.68. The maximum Gasteiger partial charge on any atom is 0.327 e. The number of H-pyrrole nitrogens is 2. The molecule has 29 heavy (non-hydrogen) atoms. The van der Waals surface area contributed by atoms with Crippen LogP contribution in [0.25, 0.3) is 11.0 Å². The Balaban J connectivity index is 1.52. The average Bonchev–Trinajstić information content (AvgIpc) is 3.50. The van der Waals surface area contributed by atoms with Crippen LogP contribution >= 0.6 is 0 Å². The van der Waals surface area contributed by atoms with Gasteiger partial charge in [0, 0.05) is 18.3 Å². The van der Waals surface area contributed by atoms with E-state index in [1.54, 1.807) is 13.0 Å². The lowest BCUT2D eigenvalue weighted by Crippen LogP contribution is -2.24. The molecule has 0 bridgehead atoms. The Kier molecular flexibility index (Phi) is 5.02. The fourth-order valence-electron chi connectivity index (χ4n) is 3.47. The molecule has 2 aromatic heterocycles. The summed E-state index contributed by atoms with van der Waals surface area (Å²) in [7, 11) is 2.15. The molecule has 150 valence electrons. The summed E-state index contributed by atoms with van der Waals surface area (Å²) in [4.78, 5) is 47.4. The quantitative estimate of drug-likeness (QED) is 0.591. The molecular weight excluding hydrogens is 370 g/mol. The van der Waals surface area contributed by atoms with E-state index in [1.165, 1.54) is 12.8 Å². The molecule has 1 fully saturated rings. The standard InChI is InChI=1S/C21H23N5O3/c1-12-10-16(23-18-17(12)20(28)25-21(29)24-18)19(27)22-14-5-3-4-13(11-14)8-9-26(2)15-6-7-15/h3-5,10-11,15H,6-9H2,1-2H3,(H,22,27)(H2,23,24,25,28,29). The summed E-state index contributed by atoms with van der Waals surface area (Å²) >= 11 is 0. The molecule has 3 N–H and O–H groups in total. The van der Waals surface area contributed by atoms with E-state index in [0.29, 0.717) is 11.3 Å². The fourth-order valence-corrected chi connectivity index (χ4v) is 3.47. The molecule has 8 heteroatoms. The molecule has 0 aliphatic heterocycles. The summed E-state index contributed by atoms with van der Waals surface area (Å²) < 4.78 is 0. The van der Waals surface area contributed by atoms with Crippen LogP contribution in [0.3, 0.4) is 0 Å². The molecule has 4 rings (SSSR count). The number of carbonyl (C=O) groups is 1. The molecule has 1 aliphatic rings. The topological polar surface area (TPSA) is 111 Å². The number of aromatic amines is 2. The largest absolute Gasteiger partial charge is 0.327 e. The maximum absolute atomic E-state index is 12.7. The van der Waals surface area contributed by atoms with Crippen LogP contribution in [0, 0.1) is 6.92 Å². The Hall–Kier alpha value is -3.26. The molecule has 2 heterocycles. The summed E-state index contributed by atoms with van der Waals surface area (Å²) in [5.41, 5.74) is 1.44. The van der Waals surface area contributed by atoms with Gasteiger partial charge in [0.1, 0.15) is 11.3 Å². The van der Waals surface area contributed by atoms with Crippen molar-refractivity contribution in [3.63, 3.8) is 0 Å². The highest BCUT2D eigenvalue weighted by Crippen LogP contribution is 2.25. The van der Waals surface area contributed by atoms with Crippen LogP contribution in [-0.2, 0) is 6.42 Å². The molecule has 1 aliphatic carbocycles. The third-order valence-electron chi connectivity index (χ3n) is 5.24. The van der Waals surface area contributed by atoms with Gasteiger partial charge in [-0.1, -0.05) is 12.1 Å². The molecule has 8 nitrogen and oxygen atoms in total. The minimum Gasteiger partial charge on any atom is -0.321 e. The van der Waals surface area contributed by atoms with Gasteiger partial charge < -0.3 is 10.2 Å². The van der Waals surface area contributed by atoms with Crippen molar-refractivity contribution in [2.75, 3.05) is 18.9 Å². The minimum atomic E-state index is -0.657. The number of nitrogens with zero attached hydrogens (tertiary/aromatic N) is 2. The van der Waals surface area contributed by atoms with Crippen LogP contribution in [0.15, 0.2) is 39.9 Å². The Morgan fingerprint density at radius 2 is 2.03 bits per heavy atom. The van der Waals surface area contributed by atoms with Gasteiger partial charge in [-0.3, -0.25) is 19.6 Å². The van der Waals surface area contributed by atoms with Crippen molar-refractivity contribution in [2.45, 2.75) is 32.2 Å². The van der Waals surface area contributed by atoms with Crippen molar-refractivity contribution in [3.8, 4) is 0 Å². The molecule has 0 atom stereocenters. The lowest BCUT2D eigenvalue weighted by Gasteiger charge is -2.15. The molecular formula is C21H23N5O3. The average molecular weight is 393 g/mol. The van der Waals surface area contributed by atoms with Crippen molar-refractivity contribution in [1.82, 2.24) is 19.9 Å². The SMILES string of the molecule is Cc1cc(C(=O)Nc2cccc(CCN(C)C3CC3)c2)nc2[nH]c(=O)[nH]c(=O)c12. The van der Waals surface area contributed by atoms with Crippen LogP contribution in [0.5, 0.6) is 0 Å². The zero-order chi connectivity index (χ0) is 20.5. The van der Waals surface area contributed by atoms with Crippen LogP contribution in [0.2, 0.25) is 0 Å². The smallest absolute Gasteiger partial charge is 0.321 e. The molecule has 1 amide bonds. The number of likely N-dealkylation sites (N-methyl/N-ethyl adjacent to an activating group) is 1. The van der Waals surface area contributed by atoms with Crippen molar-refractivity contribution < 1.29 is 4.79 Å². The van der Waals surface area contributed by atoms with Crippen molar-refractivity contribution >= 4 is 22.6 Å². The van der Waals surface area contributed by atoms with E-state index < -0.39 is 17.2 Å². The second-order valence-electron chi connectivity index (χ2n) is 7.57. The van der Waals surface area contributed by atoms with E-state index in [4.69, 9.17) is 0 Å². The normalized spacial score (nSPS) is 13.8. The Morgan fingerprint density at radius 3 is 2.79 bits per heavy atom. The Labute approximate surface area is 167 Å².